The van der Waals surface area contributed by atoms with Crippen LogP contribution in [-0.2, 0) is 12.0 Å². The van der Waals surface area contributed by atoms with Crippen LogP contribution >= 0.6 is 11.6 Å². The molecule has 1 aliphatic heterocycles. The first-order chi connectivity index (χ1) is 18.0. The molecule has 2 heterocycles. The van der Waals surface area contributed by atoms with Gasteiger partial charge in [-0.05, 0) is 41.8 Å². The van der Waals surface area contributed by atoms with Crippen LogP contribution in [0, 0.1) is 5.82 Å². The molecule has 0 bridgehead atoms. The number of carbonyl (C=O) groups excluding carboxylic acids is 1. The lowest BCUT2D eigenvalue weighted by Gasteiger charge is -2.37. The van der Waals surface area contributed by atoms with E-state index in [-0.39, 0.29) is 42.2 Å². The molecule has 1 saturated heterocycles. The Balaban J connectivity index is 1.89. The highest BCUT2D eigenvalue weighted by Crippen LogP contribution is 2.37. The molecular formula is C26H22ClF6N3O2. The van der Waals surface area contributed by atoms with Crippen LogP contribution in [0.3, 0.4) is 0 Å². The maximum absolute atomic E-state index is 14.8. The molecule has 2 aromatic carbocycles. The lowest BCUT2D eigenvalue weighted by molar-refractivity contribution is -0.253. The zero-order chi connectivity index (χ0) is 27.5. The molecule has 0 saturated carbocycles. The van der Waals surface area contributed by atoms with Crippen LogP contribution in [0.1, 0.15) is 23.2 Å². The molecule has 2 atom stereocenters. The summed E-state index contributed by atoms with van der Waals surface area (Å²) in [7, 11) is 0. The molecule has 1 fully saturated rings. The zero-order valence-corrected chi connectivity index (χ0v) is 20.4. The second-order valence-electron chi connectivity index (χ2n) is 8.83. The van der Waals surface area contributed by atoms with E-state index in [1.165, 1.54) is 23.2 Å². The van der Waals surface area contributed by atoms with Crippen molar-refractivity contribution in [1.82, 2.24) is 15.2 Å². The highest BCUT2D eigenvalue weighted by molar-refractivity contribution is 6.30. The number of benzene rings is 2. The molecular weight excluding hydrogens is 536 g/mol. The smallest absolute Gasteiger partial charge is 0.428 e. The quantitative estimate of drug-likeness (QED) is 0.328. The number of pyridine rings is 1. The molecule has 12 heteroatoms. The van der Waals surface area contributed by atoms with E-state index in [1.807, 2.05) is 0 Å². The van der Waals surface area contributed by atoms with E-state index >= 15 is 0 Å². The minimum Gasteiger partial charge on any atom is -0.428 e. The van der Waals surface area contributed by atoms with Crippen LogP contribution in [0.2, 0.25) is 5.02 Å². The Bertz CT molecular complexity index is 1270. The number of likely N-dealkylation sites (tertiary alicyclic amines) is 1. The second kappa shape index (κ2) is 11.1. The van der Waals surface area contributed by atoms with Crippen molar-refractivity contribution in [3.63, 3.8) is 0 Å². The van der Waals surface area contributed by atoms with E-state index in [0.29, 0.717) is 11.6 Å². The molecule has 0 aliphatic carbocycles. The Labute approximate surface area is 219 Å². The summed E-state index contributed by atoms with van der Waals surface area (Å²) >= 11 is 6.01. The van der Waals surface area contributed by atoms with Crippen molar-refractivity contribution in [3.8, 4) is 5.75 Å². The maximum atomic E-state index is 14.8. The number of hydrogen-bond acceptors (Lipinski definition) is 3. The van der Waals surface area contributed by atoms with Gasteiger partial charge in [0.05, 0.1) is 17.3 Å². The first-order valence-corrected chi connectivity index (χ1v) is 11.9. The number of halogens is 7. The fourth-order valence-electron chi connectivity index (χ4n) is 4.28. The Hall–Kier alpha value is -3.47. The molecule has 1 aliphatic rings. The number of nitrogens with zero attached hydrogens (tertiary/aromatic N) is 2. The van der Waals surface area contributed by atoms with Crippen LogP contribution in [0.15, 0.2) is 66.9 Å². The van der Waals surface area contributed by atoms with Crippen molar-refractivity contribution in [3.05, 3.63) is 94.5 Å². The molecule has 202 valence electrons. The molecule has 2 amide bonds. The summed E-state index contributed by atoms with van der Waals surface area (Å²) in [5, 5.41) is 3.03. The number of carbonyl (C=O) groups is 1. The fourth-order valence-corrected chi connectivity index (χ4v) is 4.40. The number of hydrogen-bond donors (Lipinski definition) is 1. The average Bonchev–Trinajstić information content (AvgIpc) is 3.30. The summed E-state index contributed by atoms with van der Waals surface area (Å²) < 4.78 is 85.9. The molecule has 4 rings (SSSR count). The number of alkyl halides is 5. The largest absolute Gasteiger partial charge is 0.461 e. The number of nitrogens with one attached hydrogen (secondary N) is 1. The highest BCUT2D eigenvalue weighted by atomic mass is 35.5. The summed E-state index contributed by atoms with van der Waals surface area (Å²) in [4.78, 5) is 18.9. The average molecular weight is 558 g/mol. The van der Waals surface area contributed by atoms with E-state index in [2.05, 4.69) is 15.0 Å². The van der Waals surface area contributed by atoms with Crippen LogP contribution in [0.4, 0.5) is 31.1 Å². The van der Waals surface area contributed by atoms with Gasteiger partial charge in [0, 0.05) is 25.2 Å². The van der Waals surface area contributed by atoms with Crippen molar-refractivity contribution in [2.45, 2.75) is 37.1 Å². The van der Waals surface area contributed by atoms with Crippen molar-refractivity contribution >= 4 is 17.6 Å². The number of amides is 2. The van der Waals surface area contributed by atoms with Gasteiger partial charge in [0.1, 0.15) is 23.3 Å². The van der Waals surface area contributed by atoms with Gasteiger partial charge in [-0.15, -0.1) is 0 Å². The van der Waals surface area contributed by atoms with Gasteiger partial charge in [-0.2, -0.15) is 17.6 Å². The molecule has 1 aromatic heterocycles. The molecule has 0 spiro atoms. The van der Waals surface area contributed by atoms with Gasteiger partial charge in [-0.1, -0.05) is 41.9 Å². The minimum absolute atomic E-state index is 0.0742. The SMILES string of the molecule is O=C(N[C@@](Cc1ccccc1)(c1cc(F)cc(OC(F)(F)C(F)F)c1)c1ccc(Cl)cn1)N1CCC(F)C1. The van der Waals surface area contributed by atoms with Crippen LogP contribution in [-0.4, -0.2) is 47.7 Å². The first-order valence-electron chi connectivity index (χ1n) is 11.5. The van der Waals surface area contributed by atoms with Crippen LogP contribution in [0.5, 0.6) is 5.75 Å². The Morgan fingerprint density at radius 3 is 2.50 bits per heavy atom. The summed E-state index contributed by atoms with van der Waals surface area (Å²) in [6.45, 7) is -0.0694. The van der Waals surface area contributed by atoms with E-state index in [9.17, 15) is 31.1 Å². The number of rotatable bonds is 8. The van der Waals surface area contributed by atoms with E-state index < -0.39 is 41.8 Å². The van der Waals surface area contributed by atoms with E-state index in [0.717, 1.165) is 12.1 Å². The lowest BCUT2D eigenvalue weighted by Crippen LogP contribution is -2.53. The van der Waals surface area contributed by atoms with Gasteiger partial charge in [0.15, 0.2) is 0 Å². The van der Waals surface area contributed by atoms with Gasteiger partial charge in [0.2, 0.25) is 0 Å². The van der Waals surface area contributed by atoms with E-state index in [4.69, 9.17) is 11.6 Å². The zero-order valence-electron chi connectivity index (χ0n) is 19.7. The molecule has 38 heavy (non-hydrogen) atoms. The predicted molar refractivity (Wildman–Crippen MR) is 128 cm³/mol. The number of ether oxygens (including phenoxy) is 1. The molecule has 3 aromatic rings. The maximum Gasteiger partial charge on any atom is 0.461 e. The molecule has 1 N–H and O–H groups in total. The fraction of sp³-hybridized carbons (Fsp3) is 0.308. The van der Waals surface area contributed by atoms with Gasteiger partial charge in [-0.3, -0.25) is 4.98 Å². The molecule has 1 unspecified atom stereocenters. The van der Waals surface area contributed by atoms with Crippen molar-refractivity contribution < 1.29 is 35.9 Å². The van der Waals surface area contributed by atoms with Crippen molar-refractivity contribution in [2.75, 3.05) is 13.1 Å². The summed E-state index contributed by atoms with van der Waals surface area (Å²) in [6, 6.07) is 13.2. The van der Waals surface area contributed by atoms with E-state index in [1.54, 1.807) is 30.3 Å². The van der Waals surface area contributed by atoms with Gasteiger partial charge in [0.25, 0.3) is 0 Å². The first kappa shape index (κ1) is 27.6. The normalized spacial score (nSPS) is 17.4. The third kappa shape index (κ3) is 6.15. The van der Waals surface area contributed by atoms with Crippen LogP contribution in [0.25, 0.3) is 0 Å². The second-order valence-corrected chi connectivity index (χ2v) is 9.27. The lowest BCUT2D eigenvalue weighted by atomic mass is 9.80. The number of aromatic nitrogens is 1. The summed E-state index contributed by atoms with van der Waals surface area (Å²) in [6.07, 6.45) is -8.99. The monoisotopic (exact) mass is 557 g/mol. The number of urea groups is 1. The van der Waals surface area contributed by atoms with Gasteiger partial charge < -0.3 is 15.0 Å². The Morgan fingerprint density at radius 2 is 1.89 bits per heavy atom. The molecule has 0 radical (unpaired) electrons. The Kier molecular flexibility index (Phi) is 8.05. The van der Waals surface area contributed by atoms with Gasteiger partial charge in [-0.25, -0.2) is 13.6 Å². The van der Waals surface area contributed by atoms with Gasteiger partial charge >= 0.3 is 18.6 Å². The Morgan fingerprint density at radius 1 is 1.16 bits per heavy atom. The highest BCUT2D eigenvalue weighted by Gasteiger charge is 2.45. The minimum atomic E-state index is -4.90. The van der Waals surface area contributed by atoms with Crippen molar-refractivity contribution in [1.29, 1.82) is 0 Å². The standard InChI is InChI=1S/C26H22ClF6N3O2/c27-18-6-7-22(34-14-18)25(13-16-4-2-1-3-5-16,35-24(37)36-9-8-19(28)15-36)17-10-20(29)12-21(11-17)38-26(32,33)23(30)31/h1-7,10-12,14,19,23H,8-9,13,15H2,(H,35,37)/t19?,25-/m0/s1. The van der Waals surface area contributed by atoms with Crippen LogP contribution < -0.4 is 10.1 Å². The predicted octanol–water partition coefficient (Wildman–Crippen LogP) is 6.35. The topological polar surface area (TPSA) is 54.5 Å². The molecule has 5 nitrogen and oxygen atoms in total. The van der Waals surface area contributed by atoms with Crippen molar-refractivity contribution in [2.24, 2.45) is 0 Å². The summed E-state index contributed by atoms with van der Waals surface area (Å²) in [5.41, 5.74) is -1.11. The third-order valence-corrected chi connectivity index (χ3v) is 6.31. The summed E-state index contributed by atoms with van der Waals surface area (Å²) in [5.74, 6) is -1.98. The third-order valence-electron chi connectivity index (χ3n) is 6.09.